The first kappa shape index (κ1) is 7.44. The highest BCUT2D eigenvalue weighted by Gasteiger charge is 1.94. The van der Waals surface area contributed by atoms with E-state index in [0.29, 0.717) is 5.25 Å². The van der Waals surface area contributed by atoms with Crippen LogP contribution in [0.2, 0.25) is 0 Å². The summed E-state index contributed by atoms with van der Waals surface area (Å²) >= 11 is 6.54. The Labute approximate surface area is 54.7 Å². The number of hydrogen-bond donors (Lipinski definition) is 0. The third-order valence-corrected chi connectivity index (χ3v) is 2.43. The first-order valence-corrected chi connectivity index (χ1v) is 4.09. The van der Waals surface area contributed by atoms with Crippen LogP contribution in [0.15, 0.2) is 0 Å². The fourth-order valence-corrected chi connectivity index (χ4v) is 1.29. The maximum absolute atomic E-state index is 4.73. The molecule has 0 heterocycles. The number of hydrogen-bond acceptors (Lipinski definition) is 2. The lowest BCUT2D eigenvalue weighted by atomic mass is 10.4. The summed E-state index contributed by atoms with van der Waals surface area (Å²) in [5, 5.41) is 2.42. The lowest BCUT2D eigenvalue weighted by Crippen LogP contribution is -1.97. The van der Waals surface area contributed by atoms with Gasteiger partial charge in [0.1, 0.15) is 0 Å². The van der Waals surface area contributed by atoms with E-state index < -0.39 is 0 Å². The van der Waals surface area contributed by atoms with Gasteiger partial charge in [-0.05, 0) is 18.0 Å². The van der Waals surface area contributed by atoms with Gasteiger partial charge in [-0.3, -0.25) is 0 Å². The van der Waals surface area contributed by atoms with Crippen LogP contribution in [0, 0.1) is 0 Å². The van der Waals surface area contributed by atoms with E-state index in [4.69, 9.17) is 12.2 Å². The zero-order valence-electron chi connectivity index (χ0n) is 4.68. The lowest BCUT2D eigenvalue weighted by Gasteiger charge is -1.99. The van der Waals surface area contributed by atoms with Crippen LogP contribution in [0.1, 0.15) is 13.3 Å². The molecule has 0 aliphatic heterocycles. The summed E-state index contributed by atoms with van der Waals surface area (Å²) in [5.74, 6) is 0. The van der Waals surface area contributed by atoms with E-state index in [0.717, 1.165) is 6.42 Å². The van der Waals surface area contributed by atoms with E-state index in [1.807, 2.05) is 17.1 Å². The van der Waals surface area contributed by atoms with E-state index in [1.165, 1.54) is 0 Å². The summed E-state index contributed by atoms with van der Waals surface area (Å²) in [7, 11) is 0. The molecule has 0 spiro atoms. The molecule has 1 unspecified atom stereocenters. The lowest BCUT2D eigenvalue weighted by molar-refractivity contribution is 1.04. The van der Waals surface area contributed by atoms with Crippen LogP contribution in [0.25, 0.3) is 0 Å². The van der Waals surface area contributed by atoms with Crippen molar-refractivity contribution in [3.63, 3.8) is 0 Å². The highest BCUT2D eigenvalue weighted by Crippen LogP contribution is 2.06. The van der Waals surface area contributed by atoms with E-state index in [-0.39, 0.29) is 0 Å². The van der Waals surface area contributed by atoms with Gasteiger partial charge in [-0.25, -0.2) is 0 Å². The van der Waals surface area contributed by atoms with Crippen molar-refractivity contribution in [1.29, 1.82) is 0 Å². The second kappa shape index (κ2) is 4.60. The zero-order valence-corrected chi connectivity index (χ0v) is 6.31. The van der Waals surface area contributed by atoms with Gasteiger partial charge in [-0.2, -0.15) is 11.8 Å². The molecule has 0 nitrogen and oxygen atoms in total. The van der Waals surface area contributed by atoms with Gasteiger partial charge in [-0.1, -0.05) is 19.1 Å². The molecule has 0 aliphatic carbocycles. The first-order chi connectivity index (χ1) is 3.35. The van der Waals surface area contributed by atoms with Gasteiger partial charge in [0.25, 0.3) is 0 Å². The standard InChI is InChI=1S/C5H10S2/c1-3-5(4-6)7-2/h4-5H,3H2,1-2H3. The Bertz CT molecular complexity index is 48.0. The maximum Gasteiger partial charge on any atom is 0.0325 e. The number of thioether (sulfide) groups is 1. The van der Waals surface area contributed by atoms with Crippen molar-refractivity contribution in [2.75, 3.05) is 6.26 Å². The SMILES string of the molecule is CCC(C=S)SC. The Morgan fingerprint density at radius 3 is 2.43 bits per heavy atom. The van der Waals surface area contributed by atoms with Crippen LogP contribution in [-0.4, -0.2) is 16.9 Å². The molecule has 1 atom stereocenters. The summed E-state index contributed by atoms with van der Waals surface area (Å²) in [5.41, 5.74) is 0. The largest absolute Gasteiger partial charge is 0.157 e. The Hall–Kier alpha value is 0.440. The highest BCUT2D eigenvalue weighted by atomic mass is 32.2. The molecule has 0 aromatic heterocycles. The van der Waals surface area contributed by atoms with Crippen molar-refractivity contribution >= 4 is 29.3 Å². The topological polar surface area (TPSA) is 0 Å². The number of thiocarbonyl (C=S) groups is 1. The molecular weight excluding hydrogens is 124 g/mol. The van der Waals surface area contributed by atoms with E-state index in [1.54, 1.807) is 0 Å². The molecule has 0 bridgehead atoms. The van der Waals surface area contributed by atoms with Crippen LogP contribution in [0.5, 0.6) is 0 Å². The molecule has 0 aliphatic rings. The average Bonchev–Trinajstić information content (AvgIpc) is 1.72. The van der Waals surface area contributed by atoms with Gasteiger partial charge in [0.15, 0.2) is 0 Å². The average molecular weight is 134 g/mol. The van der Waals surface area contributed by atoms with Gasteiger partial charge >= 0.3 is 0 Å². The van der Waals surface area contributed by atoms with E-state index in [2.05, 4.69) is 13.2 Å². The fourth-order valence-electron chi connectivity index (χ4n) is 0.318. The summed E-state index contributed by atoms with van der Waals surface area (Å²) < 4.78 is 0. The molecule has 0 amide bonds. The summed E-state index contributed by atoms with van der Waals surface area (Å²) in [6.45, 7) is 2.14. The van der Waals surface area contributed by atoms with Crippen LogP contribution < -0.4 is 0 Å². The van der Waals surface area contributed by atoms with E-state index >= 15 is 0 Å². The molecule has 0 fully saturated rings. The Morgan fingerprint density at radius 2 is 2.43 bits per heavy atom. The van der Waals surface area contributed by atoms with Crippen molar-refractivity contribution in [2.24, 2.45) is 0 Å². The smallest absolute Gasteiger partial charge is 0.0325 e. The molecule has 2 heteroatoms. The van der Waals surface area contributed by atoms with E-state index in [9.17, 15) is 0 Å². The van der Waals surface area contributed by atoms with Gasteiger partial charge in [0, 0.05) is 5.25 Å². The molecular formula is C5H10S2. The van der Waals surface area contributed by atoms with Crippen molar-refractivity contribution in [2.45, 2.75) is 18.6 Å². The number of rotatable bonds is 3. The Kier molecular flexibility index (Phi) is 4.88. The Balaban J connectivity index is 3.16. The third kappa shape index (κ3) is 3.06. The quantitative estimate of drug-likeness (QED) is 0.542. The molecule has 7 heavy (non-hydrogen) atoms. The normalized spacial score (nSPS) is 13.4. The van der Waals surface area contributed by atoms with Crippen LogP contribution in [0.3, 0.4) is 0 Å². The highest BCUT2D eigenvalue weighted by molar-refractivity contribution is 8.00. The fraction of sp³-hybridized carbons (Fsp3) is 0.800. The molecule has 0 N–H and O–H groups in total. The Morgan fingerprint density at radius 1 is 1.86 bits per heavy atom. The molecule has 0 saturated heterocycles. The molecule has 0 aromatic carbocycles. The van der Waals surface area contributed by atoms with Crippen molar-refractivity contribution in [1.82, 2.24) is 0 Å². The molecule has 0 radical (unpaired) electrons. The monoisotopic (exact) mass is 134 g/mol. The van der Waals surface area contributed by atoms with Gasteiger partial charge in [0.2, 0.25) is 0 Å². The summed E-state index contributed by atoms with van der Waals surface area (Å²) in [6, 6.07) is 0. The van der Waals surface area contributed by atoms with Gasteiger partial charge in [-0.15, -0.1) is 0 Å². The zero-order chi connectivity index (χ0) is 5.70. The van der Waals surface area contributed by atoms with Crippen LogP contribution in [-0.2, 0) is 0 Å². The minimum absolute atomic E-state index is 0.593. The molecule has 42 valence electrons. The molecule has 0 saturated carbocycles. The predicted octanol–water partition coefficient (Wildman–Crippen LogP) is 2.13. The third-order valence-electron chi connectivity index (χ3n) is 0.857. The summed E-state index contributed by atoms with van der Waals surface area (Å²) in [6.07, 6.45) is 3.24. The van der Waals surface area contributed by atoms with Crippen molar-refractivity contribution in [3.05, 3.63) is 0 Å². The van der Waals surface area contributed by atoms with Gasteiger partial charge in [0.05, 0.1) is 0 Å². The maximum atomic E-state index is 4.73. The van der Waals surface area contributed by atoms with Crippen molar-refractivity contribution < 1.29 is 0 Å². The molecule has 0 aromatic rings. The minimum atomic E-state index is 0.593. The van der Waals surface area contributed by atoms with Crippen LogP contribution >= 0.6 is 24.0 Å². The minimum Gasteiger partial charge on any atom is -0.157 e. The van der Waals surface area contributed by atoms with Crippen LogP contribution in [0.4, 0.5) is 0 Å². The predicted molar refractivity (Wildman–Crippen MR) is 41.2 cm³/mol. The summed E-state index contributed by atoms with van der Waals surface area (Å²) in [4.78, 5) is 0. The van der Waals surface area contributed by atoms with Gasteiger partial charge < -0.3 is 0 Å². The van der Waals surface area contributed by atoms with Crippen molar-refractivity contribution in [3.8, 4) is 0 Å². The first-order valence-electron chi connectivity index (χ1n) is 2.33. The second-order valence-corrected chi connectivity index (χ2v) is 2.67. The molecule has 0 rings (SSSR count). The second-order valence-electron chi connectivity index (χ2n) is 1.32.